The van der Waals surface area contributed by atoms with E-state index < -0.39 is 29.6 Å². The lowest BCUT2D eigenvalue weighted by molar-refractivity contribution is -0.140. The van der Waals surface area contributed by atoms with E-state index in [2.05, 4.69) is 4.99 Å². The molecule has 140 valence electrons. The van der Waals surface area contributed by atoms with Crippen molar-refractivity contribution in [1.82, 2.24) is 4.57 Å². The number of aromatic nitrogens is 1. The second kappa shape index (κ2) is 7.58. The van der Waals surface area contributed by atoms with Crippen LogP contribution < -0.4 is 4.80 Å². The van der Waals surface area contributed by atoms with Gasteiger partial charge in [-0.25, -0.2) is 13.6 Å². The quantitative estimate of drug-likeness (QED) is 0.692. The van der Waals surface area contributed by atoms with Crippen LogP contribution in [-0.2, 0) is 4.79 Å². The molecule has 0 radical (unpaired) electrons. The molecule has 3 rings (SSSR count). The minimum Gasteiger partial charge on any atom is -0.480 e. The van der Waals surface area contributed by atoms with Crippen molar-refractivity contribution in [1.29, 1.82) is 0 Å². The third-order valence-electron chi connectivity index (χ3n) is 3.94. The average molecular weight is 411 g/mol. The first-order chi connectivity index (χ1) is 12.8. The summed E-state index contributed by atoms with van der Waals surface area (Å²) in [6.07, 6.45) is 0.165. The fourth-order valence-electron chi connectivity index (χ4n) is 2.67. The van der Waals surface area contributed by atoms with Crippen LogP contribution in [0.15, 0.2) is 41.4 Å². The second-order valence-electron chi connectivity index (χ2n) is 5.65. The molecule has 5 nitrogen and oxygen atoms in total. The lowest BCUT2D eigenvalue weighted by Crippen LogP contribution is -2.27. The van der Waals surface area contributed by atoms with E-state index in [1.54, 1.807) is 19.1 Å². The molecule has 1 heterocycles. The molecule has 27 heavy (non-hydrogen) atoms. The molecule has 1 unspecified atom stereocenters. The summed E-state index contributed by atoms with van der Waals surface area (Å²) in [6, 6.07) is 7.19. The van der Waals surface area contributed by atoms with Crippen LogP contribution in [0, 0.1) is 11.6 Å². The molecule has 3 aromatic rings. The van der Waals surface area contributed by atoms with Gasteiger partial charge in [0.1, 0.15) is 6.04 Å². The van der Waals surface area contributed by atoms with Crippen LogP contribution in [0.5, 0.6) is 0 Å². The summed E-state index contributed by atoms with van der Waals surface area (Å²) in [6.45, 7) is 1.64. The number of fused-ring (bicyclic) bond motifs is 1. The molecule has 1 atom stereocenters. The largest absolute Gasteiger partial charge is 0.480 e. The molecule has 0 aliphatic rings. The molecule has 1 amide bonds. The van der Waals surface area contributed by atoms with Gasteiger partial charge in [0.25, 0.3) is 5.91 Å². The fourth-order valence-corrected chi connectivity index (χ4v) is 3.95. The number of carboxylic acids is 1. The number of halogens is 3. The monoisotopic (exact) mass is 410 g/mol. The van der Waals surface area contributed by atoms with E-state index >= 15 is 0 Å². The number of carboxylic acid groups (broad SMARTS) is 1. The molecule has 0 saturated carbocycles. The summed E-state index contributed by atoms with van der Waals surface area (Å²) in [5, 5.41) is 9.85. The molecular formula is C18H13ClF2N2O3S. The number of hydrogen-bond acceptors (Lipinski definition) is 3. The predicted octanol–water partition coefficient (Wildman–Crippen LogP) is 4.41. The molecule has 1 aromatic heterocycles. The Labute approximate surface area is 161 Å². The maximum absolute atomic E-state index is 14.2. The average Bonchev–Trinajstić information content (AvgIpc) is 2.97. The standard InChI is InChI=1S/C18H13ClF2N2O3S/c1-2-12(17(25)26)23-13-7-6-11(20)14(21)15(13)27-18(23)22-16(24)9-4-3-5-10(19)8-9/h3-8,12H,2H2,1H3,(H,25,26). The van der Waals surface area contributed by atoms with Gasteiger partial charge >= 0.3 is 5.97 Å². The summed E-state index contributed by atoms with van der Waals surface area (Å²) < 4.78 is 28.9. The van der Waals surface area contributed by atoms with Crippen LogP contribution in [0.2, 0.25) is 5.02 Å². The van der Waals surface area contributed by atoms with Gasteiger partial charge in [0.15, 0.2) is 16.4 Å². The van der Waals surface area contributed by atoms with Crippen LogP contribution in [-0.4, -0.2) is 21.6 Å². The van der Waals surface area contributed by atoms with Crippen LogP contribution in [0.4, 0.5) is 8.78 Å². The van der Waals surface area contributed by atoms with Gasteiger partial charge < -0.3 is 9.67 Å². The Balaban J connectivity index is 2.29. The van der Waals surface area contributed by atoms with E-state index in [0.717, 1.165) is 17.4 Å². The molecule has 0 aliphatic carbocycles. The third kappa shape index (κ3) is 3.63. The highest BCUT2D eigenvalue weighted by Gasteiger charge is 2.24. The van der Waals surface area contributed by atoms with Crippen molar-refractivity contribution in [3.05, 3.63) is 63.4 Å². The van der Waals surface area contributed by atoms with Gasteiger partial charge in [0, 0.05) is 10.6 Å². The number of carbonyl (C=O) groups excluding carboxylic acids is 1. The lowest BCUT2D eigenvalue weighted by atomic mass is 10.2. The number of hydrogen-bond donors (Lipinski definition) is 1. The zero-order valence-corrected chi connectivity index (χ0v) is 15.5. The Morgan fingerprint density at radius 3 is 2.67 bits per heavy atom. The Morgan fingerprint density at radius 1 is 1.30 bits per heavy atom. The van der Waals surface area contributed by atoms with Crippen LogP contribution in [0.25, 0.3) is 10.2 Å². The SMILES string of the molecule is CCC(C(=O)O)n1c(=NC(=O)c2cccc(Cl)c2)sc2c(F)c(F)ccc21. The van der Waals surface area contributed by atoms with E-state index in [0.29, 0.717) is 5.02 Å². The topological polar surface area (TPSA) is 71.7 Å². The Kier molecular flexibility index (Phi) is 5.38. The van der Waals surface area contributed by atoms with Gasteiger partial charge in [-0.15, -0.1) is 0 Å². The van der Waals surface area contributed by atoms with E-state index in [4.69, 9.17) is 11.6 Å². The Hall–Kier alpha value is -2.58. The molecule has 9 heteroatoms. The van der Waals surface area contributed by atoms with Crippen LogP contribution in [0.1, 0.15) is 29.7 Å². The van der Waals surface area contributed by atoms with Crippen molar-refractivity contribution in [3.63, 3.8) is 0 Å². The van der Waals surface area contributed by atoms with Gasteiger partial charge in [-0.05, 0) is 36.8 Å². The minimum absolute atomic E-state index is 0.0336. The van der Waals surface area contributed by atoms with Gasteiger partial charge in [-0.3, -0.25) is 4.79 Å². The van der Waals surface area contributed by atoms with Crippen LogP contribution in [0.3, 0.4) is 0 Å². The number of nitrogens with zero attached hydrogens (tertiary/aromatic N) is 2. The normalized spacial score (nSPS) is 13.1. The van der Waals surface area contributed by atoms with Crippen molar-refractivity contribution in [2.75, 3.05) is 0 Å². The molecule has 2 aromatic carbocycles. The second-order valence-corrected chi connectivity index (χ2v) is 7.07. The summed E-state index contributed by atoms with van der Waals surface area (Å²) in [5.74, 6) is -4.01. The third-order valence-corrected chi connectivity index (χ3v) is 5.24. The number of amides is 1. The number of carbonyl (C=O) groups is 2. The highest BCUT2D eigenvalue weighted by molar-refractivity contribution is 7.16. The molecule has 0 fully saturated rings. The number of aliphatic carboxylic acids is 1. The van der Waals surface area contributed by atoms with Gasteiger partial charge in [-0.1, -0.05) is 35.9 Å². The maximum atomic E-state index is 14.2. The highest BCUT2D eigenvalue weighted by atomic mass is 35.5. The van der Waals surface area contributed by atoms with Gasteiger partial charge in [0.05, 0.1) is 10.2 Å². The molecule has 1 N–H and O–H groups in total. The predicted molar refractivity (Wildman–Crippen MR) is 98.0 cm³/mol. The minimum atomic E-state index is -1.17. The first-order valence-corrected chi connectivity index (χ1v) is 9.09. The van der Waals surface area contributed by atoms with E-state index in [9.17, 15) is 23.5 Å². The summed E-state index contributed by atoms with van der Waals surface area (Å²) in [5.41, 5.74) is 0.354. The van der Waals surface area contributed by atoms with E-state index in [-0.39, 0.29) is 27.0 Å². The Morgan fingerprint density at radius 2 is 2.04 bits per heavy atom. The molecule has 0 saturated heterocycles. The van der Waals surface area contributed by atoms with Crippen molar-refractivity contribution in [2.45, 2.75) is 19.4 Å². The Bertz CT molecular complexity index is 1120. The summed E-state index contributed by atoms with van der Waals surface area (Å²) in [7, 11) is 0. The van der Waals surface area contributed by atoms with Crippen molar-refractivity contribution in [2.24, 2.45) is 4.99 Å². The van der Waals surface area contributed by atoms with Crippen molar-refractivity contribution in [3.8, 4) is 0 Å². The van der Waals surface area contributed by atoms with Crippen LogP contribution >= 0.6 is 22.9 Å². The first kappa shape index (κ1) is 19.2. The van der Waals surface area contributed by atoms with Gasteiger partial charge in [0.2, 0.25) is 0 Å². The van der Waals surface area contributed by atoms with Crippen molar-refractivity contribution >= 4 is 45.0 Å². The van der Waals surface area contributed by atoms with Gasteiger partial charge in [-0.2, -0.15) is 4.99 Å². The first-order valence-electron chi connectivity index (χ1n) is 7.90. The molecular weight excluding hydrogens is 398 g/mol. The van der Waals surface area contributed by atoms with E-state index in [1.807, 2.05) is 0 Å². The van der Waals surface area contributed by atoms with Crippen molar-refractivity contribution < 1.29 is 23.5 Å². The summed E-state index contributed by atoms with van der Waals surface area (Å²) >= 11 is 6.59. The molecule has 0 aliphatic heterocycles. The molecule has 0 spiro atoms. The summed E-state index contributed by atoms with van der Waals surface area (Å²) in [4.78, 5) is 28.1. The number of rotatable bonds is 4. The molecule has 0 bridgehead atoms. The number of benzene rings is 2. The number of thiazole rings is 1. The zero-order chi connectivity index (χ0) is 19.7. The maximum Gasteiger partial charge on any atom is 0.326 e. The highest BCUT2D eigenvalue weighted by Crippen LogP contribution is 2.27. The smallest absolute Gasteiger partial charge is 0.326 e. The van der Waals surface area contributed by atoms with E-state index in [1.165, 1.54) is 22.8 Å². The fraction of sp³-hybridized carbons (Fsp3) is 0.167. The lowest BCUT2D eigenvalue weighted by Gasteiger charge is -2.13. The zero-order valence-electron chi connectivity index (χ0n) is 13.9.